The molecule has 2 aliphatic heterocycles. The van der Waals surface area contributed by atoms with E-state index in [0.717, 1.165) is 38.3 Å². The summed E-state index contributed by atoms with van der Waals surface area (Å²) in [5, 5.41) is 0. The van der Waals surface area contributed by atoms with Crippen molar-refractivity contribution in [2.45, 2.75) is 37.8 Å². The highest BCUT2D eigenvalue weighted by molar-refractivity contribution is 7.99. The lowest BCUT2D eigenvalue weighted by Gasteiger charge is -2.42. The van der Waals surface area contributed by atoms with Gasteiger partial charge in [-0.1, -0.05) is 19.1 Å². The number of ether oxygens (including phenoxy) is 1. The van der Waals surface area contributed by atoms with Crippen LogP contribution in [0.5, 0.6) is 0 Å². The number of hydrogen-bond donors (Lipinski definition) is 1. The maximum atomic E-state index is 6.04. The topological polar surface area (TPSA) is 38.5 Å². The number of likely N-dealkylation sites (N-methyl/N-ethyl adjacent to an activating group) is 1. The second kappa shape index (κ2) is 5.87. The Bertz CT molecular complexity index is 280. The van der Waals surface area contributed by atoms with E-state index in [1.54, 1.807) is 0 Å². The zero-order valence-corrected chi connectivity index (χ0v) is 12.1. The van der Waals surface area contributed by atoms with Crippen molar-refractivity contribution >= 4 is 29.0 Å². The van der Waals surface area contributed by atoms with Crippen molar-refractivity contribution in [3.63, 3.8) is 0 Å². The molecule has 98 valence electrons. The van der Waals surface area contributed by atoms with E-state index < -0.39 is 0 Å². The Morgan fingerprint density at radius 3 is 3.06 bits per heavy atom. The molecule has 2 unspecified atom stereocenters. The first-order chi connectivity index (χ1) is 8.15. The van der Waals surface area contributed by atoms with Crippen LogP contribution in [0.15, 0.2) is 0 Å². The number of thiocarbonyl (C=S) groups is 1. The first kappa shape index (κ1) is 13.6. The van der Waals surface area contributed by atoms with Gasteiger partial charge in [0.1, 0.15) is 0 Å². The van der Waals surface area contributed by atoms with E-state index in [9.17, 15) is 0 Å². The van der Waals surface area contributed by atoms with Crippen LogP contribution in [-0.4, -0.2) is 52.7 Å². The lowest BCUT2D eigenvalue weighted by Crippen LogP contribution is -2.50. The van der Waals surface area contributed by atoms with E-state index in [4.69, 9.17) is 22.7 Å². The molecule has 2 fully saturated rings. The van der Waals surface area contributed by atoms with Crippen molar-refractivity contribution in [2.24, 2.45) is 5.73 Å². The Labute approximate surface area is 113 Å². The Hall–Kier alpha value is 0.160. The number of nitrogens with two attached hydrogens (primary N) is 1. The van der Waals surface area contributed by atoms with Gasteiger partial charge in [0.15, 0.2) is 0 Å². The van der Waals surface area contributed by atoms with Crippen LogP contribution >= 0.6 is 24.0 Å². The lowest BCUT2D eigenvalue weighted by molar-refractivity contribution is -0.0871. The molecule has 17 heavy (non-hydrogen) atoms. The second-order valence-corrected chi connectivity index (χ2v) is 6.64. The predicted molar refractivity (Wildman–Crippen MR) is 77.7 cm³/mol. The molecule has 0 aromatic rings. The highest BCUT2D eigenvalue weighted by Gasteiger charge is 2.41. The number of nitrogens with zero attached hydrogens (tertiary/aromatic N) is 1. The third-order valence-corrected chi connectivity index (χ3v) is 5.17. The predicted octanol–water partition coefficient (Wildman–Crippen LogP) is 1.65. The van der Waals surface area contributed by atoms with Crippen LogP contribution in [0.2, 0.25) is 0 Å². The molecule has 2 heterocycles. The number of thioether (sulfide) groups is 1. The van der Waals surface area contributed by atoms with E-state index in [-0.39, 0.29) is 5.60 Å². The highest BCUT2D eigenvalue weighted by Crippen LogP contribution is 2.39. The molecular weight excluding hydrogens is 252 g/mol. The van der Waals surface area contributed by atoms with E-state index in [1.807, 2.05) is 11.8 Å². The van der Waals surface area contributed by atoms with Crippen molar-refractivity contribution in [1.29, 1.82) is 0 Å². The molecule has 3 nitrogen and oxygen atoms in total. The third kappa shape index (κ3) is 3.34. The summed E-state index contributed by atoms with van der Waals surface area (Å²) in [6.45, 7) is 4.84. The molecule has 0 radical (unpaired) electrons. The van der Waals surface area contributed by atoms with Crippen molar-refractivity contribution in [3.8, 4) is 0 Å². The summed E-state index contributed by atoms with van der Waals surface area (Å²) in [5.41, 5.74) is 5.82. The maximum absolute atomic E-state index is 6.04. The average Bonchev–Trinajstić information content (AvgIpc) is 2.74. The molecule has 0 saturated carbocycles. The summed E-state index contributed by atoms with van der Waals surface area (Å²) in [5.74, 6) is 2.41. The summed E-state index contributed by atoms with van der Waals surface area (Å²) in [4.78, 5) is 3.02. The van der Waals surface area contributed by atoms with E-state index in [0.29, 0.717) is 11.0 Å². The molecule has 0 aliphatic carbocycles. The highest BCUT2D eigenvalue weighted by atomic mass is 32.2. The summed E-state index contributed by atoms with van der Waals surface area (Å²) in [6.07, 6.45) is 3.47. The monoisotopic (exact) mass is 274 g/mol. The molecule has 0 amide bonds. The molecule has 2 saturated heterocycles. The van der Waals surface area contributed by atoms with Gasteiger partial charge >= 0.3 is 0 Å². The lowest BCUT2D eigenvalue weighted by atomic mass is 9.89. The molecule has 2 aliphatic rings. The van der Waals surface area contributed by atoms with Gasteiger partial charge in [0.2, 0.25) is 0 Å². The Morgan fingerprint density at radius 2 is 2.47 bits per heavy atom. The summed E-state index contributed by atoms with van der Waals surface area (Å²) in [6, 6.07) is 0.592. The molecule has 0 bridgehead atoms. The van der Waals surface area contributed by atoms with Gasteiger partial charge in [0, 0.05) is 24.9 Å². The Kier molecular flexibility index (Phi) is 4.69. The molecule has 0 aromatic heterocycles. The van der Waals surface area contributed by atoms with Crippen molar-refractivity contribution in [3.05, 3.63) is 0 Å². The van der Waals surface area contributed by atoms with Gasteiger partial charge in [-0.05, 0) is 31.6 Å². The smallest absolute Gasteiger partial charge is 0.0870 e. The fraction of sp³-hybridized carbons (Fsp3) is 0.917. The molecule has 2 atom stereocenters. The van der Waals surface area contributed by atoms with Crippen LogP contribution in [0.25, 0.3) is 0 Å². The normalized spacial score (nSPS) is 33.4. The molecular formula is C12H22N2OS2. The van der Waals surface area contributed by atoms with Crippen LogP contribution in [0.4, 0.5) is 0 Å². The minimum Gasteiger partial charge on any atom is -0.392 e. The minimum atomic E-state index is 0.150. The molecule has 2 rings (SSSR count). The van der Waals surface area contributed by atoms with Crippen LogP contribution in [-0.2, 0) is 4.74 Å². The fourth-order valence-corrected chi connectivity index (χ4v) is 4.42. The van der Waals surface area contributed by atoms with Gasteiger partial charge in [0.25, 0.3) is 0 Å². The van der Waals surface area contributed by atoms with Crippen LogP contribution in [0, 0.1) is 0 Å². The van der Waals surface area contributed by atoms with Gasteiger partial charge in [-0.2, -0.15) is 11.8 Å². The first-order valence-corrected chi connectivity index (χ1v) is 7.95. The van der Waals surface area contributed by atoms with E-state index in [1.165, 1.54) is 12.2 Å². The van der Waals surface area contributed by atoms with Gasteiger partial charge in [-0.25, -0.2) is 0 Å². The summed E-state index contributed by atoms with van der Waals surface area (Å²) >= 11 is 7.06. The van der Waals surface area contributed by atoms with Crippen LogP contribution < -0.4 is 5.73 Å². The van der Waals surface area contributed by atoms with Crippen molar-refractivity contribution in [1.82, 2.24) is 4.90 Å². The fourth-order valence-electron chi connectivity index (χ4n) is 2.88. The first-order valence-electron chi connectivity index (χ1n) is 6.39. The van der Waals surface area contributed by atoms with Gasteiger partial charge < -0.3 is 10.5 Å². The average molecular weight is 274 g/mol. The standard InChI is InChI=1S/C12H22N2OS2/c1-2-14(8-11(13)16)10-3-5-15-12(7-10)4-6-17-9-12/h10H,2-9H2,1H3,(H2,13,16). The van der Waals surface area contributed by atoms with Crippen LogP contribution in [0.1, 0.15) is 26.2 Å². The quantitative estimate of drug-likeness (QED) is 0.789. The zero-order valence-electron chi connectivity index (χ0n) is 10.5. The van der Waals surface area contributed by atoms with Gasteiger partial charge in [0.05, 0.1) is 10.6 Å². The van der Waals surface area contributed by atoms with E-state index in [2.05, 4.69) is 11.8 Å². The van der Waals surface area contributed by atoms with Gasteiger partial charge in [-0.3, -0.25) is 4.90 Å². The summed E-state index contributed by atoms with van der Waals surface area (Å²) < 4.78 is 6.04. The minimum absolute atomic E-state index is 0.150. The maximum Gasteiger partial charge on any atom is 0.0870 e. The van der Waals surface area contributed by atoms with Crippen molar-refractivity contribution in [2.75, 3.05) is 31.2 Å². The molecule has 2 N–H and O–H groups in total. The molecule has 0 aromatic carbocycles. The number of hydrogen-bond acceptors (Lipinski definition) is 4. The van der Waals surface area contributed by atoms with E-state index >= 15 is 0 Å². The zero-order chi connectivity index (χ0) is 12.3. The second-order valence-electron chi connectivity index (χ2n) is 5.01. The Morgan fingerprint density at radius 1 is 1.65 bits per heavy atom. The van der Waals surface area contributed by atoms with Crippen molar-refractivity contribution < 1.29 is 4.74 Å². The summed E-state index contributed by atoms with van der Waals surface area (Å²) in [7, 11) is 0. The molecule has 1 spiro atoms. The van der Waals surface area contributed by atoms with Gasteiger partial charge in [-0.15, -0.1) is 0 Å². The largest absolute Gasteiger partial charge is 0.392 e. The van der Waals surface area contributed by atoms with Crippen LogP contribution in [0.3, 0.4) is 0 Å². The third-order valence-electron chi connectivity index (χ3n) is 3.82. The molecule has 5 heteroatoms. The Balaban J connectivity index is 1.97. The SMILES string of the molecule is CCN(CC(N)=S)C1CCOC2(CCSC2)C1. The number of rotatable bonds is 4.